The Bertz CT molecular complexity index is 717. The number of carbonyl (C=O) groups excluding carboxylic acids is 2. The van der Waals surface area contributed by atoms with Crippen molar-refractivity contribution in [3.05, 3.63) is 23.8 Å². The van der Waals surface area contributed by atoms with E-state index in [0.29, 0.717) is 32.0 Å². The first-order chi connectivity index (χ1) is 12.8. The van der Waals surface area contributed by atoms with Gasteiger partial charge in [0, 0.05) is 26.1 Å². The first-order valence-corrected chi connectivity index (χ1v) is 8.82. The monoisotopic (exact) mass is 386 g/mol. The van der Waals surface area contributed by atoms with Crippen LogP contribution < -0.4 is 9.80 Å². The van der Waals surface area contributed by atoms with Crippen molar-refractivity contribution in [1.82, 2.24) is 0 Å². The summed E-state index contributed by atoms with van der Waals surface area (Å²) in [5.74, 6) is -1.57. The van der Waals surface area contributed by atoms with Crippen molar-refractivity contribution < 1.29 is 32.2 Å². The summed E-state index contributed by atoms with van der Waals surface area (Å²) in [5, 5.41) is 0. The highest BCUT2D eigenvalue weighted by atomic mass is 19.4. The molecule has 0 spiro atoms. The van der Waals surface area contributed by atoms with E-state index >= 15 is 0 Å². The number of hydrogen-bond acceptors (Lipinski definition) is 5. The van der Waals surface area contributed by atoms with Crippen LogP contribution in [-0.2, 0) is 25.2 Å². The summed E-state index contributed by atoms with van der Waals surface area (Å²) in [7, 11) is 0. The highest BCUT2D eigenvalue weighted by molar-refractivity contribution is 6.02. The van der Waals surface area contributed by atoms with Crippen LogP contribution in [0.2, 0.25) is 0 Å². The molecule has 2 fully saturated rings. The summed E-state index contributed by atoms with van der Waals surface area (Å²) in [5.41, 5.74) is -0.130. The van der Waals surface area contributed by atoms with E-state index in [2.05, 4.69) is 0 Å². The topological polar surface area (TPSA) is 59.1 Å². The van der Waals surface area contributed by atoms with Crippen molar-refractivity contribution in [1.29, 1.82) is 0 Å². The molecule has 3 rings (SSSR count). The van der Waals surface area contributed by atoms with Crippen LogP contribution in [0.3, 0.4) is 0 Å². The van der Waals surface area contributed by atoms with Crippen LogP contribution in [0.1, 0.15) is 18.9 Å². The lowest BCUT2D eigenvalue weighted by molar-refractivity contribution is -0.147. The van der Waals surface area contributed by atoms with E-state index in [9.17, 15) is 22.8 Å². The number of morpholine rings is 1. The maximum absolute atomic E-state index is 13.2. The molecule has 2 aliphatic heterocycles. The van der Waals surface area contributed by atoms with E-state index in [1.165, 1.54) is 11.0 Å². The van der Waals surface area contributed by atoms with Crippen LogP contribution in [-0.4, -0.2) is 51.3 Å². The van der Waals surface area contributed by atoms with Gasteiger partial charge in [0.2, 0.25) is 5.91 Å². The minimum Gasteiger partial charge on any atom is -0.466 e. The molecule has 1 aromatic carbocycles. The van der Waals surface area contributed by atoms with Gasteiger partial charge in [-0.2, -0.15) is 13.2 Å². The Balaban J connectivity index is 1.95. The Morgan fingerprint density at radius 3 is 2.59 bits per heavy atom. The van der Waals surface area contributed by atoms with Crippen molar-refractivity contribution in [2.45, 2.75) is 19.5 Å². The molecule has 0 bridgehead atoms. The zero-order valence-corrected chi connectivity index (χ0v) is 14.9. The summed E-state index contributed by atoms with van der Waals surface area (Å²) < 4.78 is 49.9. The van der Waals surface area contributed by atoms with E-state index in [1.807, 2.05) is 4.90 Å². The number of nitrogens with zero attached hydrogens (tertiary/aromatic N) is 2. The van der Waals surface area contributed by atoms with Crippen molar-refractivity contribution in [3.8, 4) is 0 Å². The number of halogens is 3. The highest BCUT2D eigenvalue weighted by Gasteiger charge is 2.39. The predicted octanol–water partition coefficient (Wildman–Crippen LogP) is 2.46. The lowest BCUT2D eigenvalue weighted by Gasteiger charge is -2.33. The molecule has 0 radical (unpaired) electrons. The third-order valence-electron chi connectivity index (χ3n) is 4.69. The molecule has 1 atom stereocenters. The maximum atomic E-state index is 13.2. The number of benzene rings is 1. The summed E-state index contributed by atoms with van der Waals surface area (Å²) in [6.07, 6.45) is -4.60. The highest BCUT2D eigenvalue weighted by Crippen LogP contribution is 2.39. The van der Waals surface area contributed by atoms with Crippen LogP contribution in [0.5, 0.6) is 0 Å². The van der Waals surface area contributed by atoms with Crippen molar-refractivity contribution in [2.24, 2.45) is 5.92 Å². The van der Waals surface area contributed by atoms with E-state index in [-0.39, 0.29) is 31.2 Å². The van der Waals surface area contributed by atoms with Crippen LogP contribution in [0.4, 0.5) is 24.5 Å². The Labute approximate surface area is 154 Å². The van der Waals surface area contributed by atoms with E-state index < -0.39 is 23.6 Å². The number of carbonyl (C=O) groups is 2. The molecule has 1 amide bonds. The zero-order valence-electron chi connectivity index (χ0n) is 14.9. The minimum absolute atomic E-state index is 0.0102. The second kappa shape index (κ2) is 7.75. The Hall–Kier alpha value is -2.29. The fourth-order valence-electron chi connectivity index (χ4n) is 3.35. The quantitative estimate of drug-likeness (QED) is 0.744. The molecule has 148 valence electrons. The minimum atomic E-state index is -4.53. The van der Waals surface area contributed by atoms with Gasteiger partial charge >= 0.3 is 12.1 Å². The second-order valence-electron chi connectivity index (χ2n) is 6.46. The van der Waals surface area contributed by atoms with E-state index in [1.54, 1.807) is 6.92 Å². The predicted molar refractivity (Wildman–Crippen MR) is 91.6 cm³/mol. The summed E-state index contributed by atoms with van der Waals surface area (Å²) in [6.45, 7) is 3.81. The van der Waals surface area contributed by atoms with Gasteiger partial charge in [-0.3, -0.25) is 9.59 Å². The van der Waals surface area contributed by atoms with Gasteiger partial charge in [0.15, 0.2) is 0 Å². The lowest BCUT2D eigenvalue weighted by atomic mass is 10.1. The van der Waals surface area contributed by atoms with Gasteiger partial charge in [0.1, 0.15) is 0 Å². The number of alkyl halides is 3. The van der Waals surface area contributed by atoms with Crippen molar-refractivity contribution in [3.63, 3.8) is 0 Å². The van der Waals surface area contributed by atoms with Gasteiger partial charge in [-0.15, -0.1) is 0 Å². The Morgan fingerprint density at radius 1 is 1.26 bits per heavy atom. The fraction of sp³-hybridized carbons (Fsp3) is 0.556. The number of esters is 1. The summed E-state index contributed by atoms with van der Waals surface area (Å²) in [4.78, 5) is 27.6. The Morgan fingerprint density at radius 2 is 1.96 bits per heavy atom. The average molecular weight is 386 g/mol. The number of rotatable bonds is 4. The molecule has 0 aliphatic carbocycles. The molecule has 2 aliphatic rings. The number of amides is 1. The van der Waals surface area contributed by atoms with Crippen LogP contribution >= 0.6 is 0 Å². The molecular formula is C18H21F3N2O4. The van der Waals surface area contributed by atoms with Crippen molar-refractivity contribution in [2.75, 3.05) is 49.3 Å². The molecule has 1 aromatic rings. The number of anilines is 2. The second-order valence-corrected chi connectivity index (χ2v) is 6.46. The van der Waals surface area contributed by atoms with Gasteiger partial charge in [-0.1, -0.05) is 0 Å². The summed E-state index contributed by atoms with van der Waals surface area (Å²) in [6, 6.07) is 3.38. The number of hydrogen-bond donors (Lipinski definition) is 0. The fourth-order valence-corrected chi connectivity index (χ4v) is 3.35. The summed E-state index contributed by atoms with van der Waals surface area (Å²) >= 11 is 0. The van der Waals surface area contributed by atoms with E-state index in [4.69, 9.17) is 9.47 Å². The SMILES string of the molecule is CCOC(=O)[C@@H]1CC(=O)N(c2cc(C(F)(F)F)ccc2N2CCOCC2)C1. The van der Waals surface area contributed by atoms with Crippen LogP contribution in [0.25, 0.3) is 0 Å². The molecule has 0 N–H and O–H groups in total. The molecule has 27 heavy (non-hydrogen) atoms. The first-order valence-electron chi connectivity index (χ1n) is 8.82. The molecular weight excluding hydrogens is 365 g/mol. The molecule has 2 heterocycles. The van der Waals surface area contributed by atoms with Gasteiger partial charge in [-0.25, -0.2) is 0 Å². The molecule has 2 saturated heterocycles. The first kappa shape index (κ1) is 19.5. The van der Waals surface area contributed by atoms with E-state index in [0.717, 1.165) is 12.1 Å². The molecule has 6 nitrogen and oxygen atoms in total. The van der Waals surface area contributed by atoms with Gasteiger partial charge < -0.3 is 19.3 Å². The maximum Gasteiger partial charge on any atom is 0.416 e. The van der Waals surface area contributed by atoms with Crippen molar-refractivity contribution >= 4 is 23.3 Å². The van der Waals surface area contributed by atoms with Gasteiger partial charge in [-0.05, 0) is 25.1 Å². The Kier molecular flexibility index (Phi) is 5.59. The standard InChI is InChI=1S/C18H21F3N2O4/c1-2-27-17(25)12-9-16(24)23(11-12)15-10-13(18(19,20)21)3-4-14(15)22-5-7-26-8-6-22/h3-4,10,12H,2,5-9,11H2,1H3/t12-/m1/s1. The smallest absolute Gasteiger partial charge is 0.416 e. The van der Waals surface area contributed by atoms with Gasteiger partial charge in [0.25, 0.3) is 0 Å². The van der Waals surface area contributed by atoms with Crippen LogP contribution in [0.15, 0.2) is 18.2 Å². The largest absolute Gasteiger partial charge is 0.466 e. The normalized spacial score (nSPS) is 20.9. The third-order valence-corrected chi connectivity index (χ3v) is 4.69. The van der Waals surface area contributed by atoms with Crippen LogP contribution in [0, 0.1) is 5.92 Å². The molecule has 0 unspecified atom stereocenters. The zero-order chi connectivity index (χ0) is 19.6. The lowest BCUT2D eigenvalue weighted by Crippen LogP contribution is -2.38. The molecule has 0 aromatic heterocycles. The molecule has 9 heteroatoms. The molecule has 0 saturated carbocycles. The van der Waals surface area contributed by atoms with Gasteiger partial charge in [0.05, 0.1) is 42.7 Å². The number of ether oxygens (including phenoxy) is 2. The third kappa shape index (κ3) is 4.18. The average Bonchev–Trinajstić information content (AvgIpc) is 3.03.